The number of fused-ring (bicyclic) bond motifs is 3. The van der Waals surface area contributed by atoms with E-state index in [1.165, 1.54) is 0 Å². The van der Waals surface area contributed by atoms with Gasteiger partial charge >= 0.3 is 0 Å². The number of pyridine rings is 1. The largest absolute Gasteiger partial charge is 0.276 e. The molecule has 106 valence electrons. The van der Waals surface area contributed by atoms with E-state index in [-0.39, 0.29) is 11.1 Å². The van der Waals surface area contributed by atoms with Crippen LogP contribution in [0.15, 0.2) is 66.9 Å². The SMILES string of the molecule is O=C(c1cccnc1Cl)n1c2ccccc2c2ccccc21. The number of rotatable bonds is 1. The van der Waals surface area contributed by atoms with Gasteiger partial charge in [0.15, 0.2) is 0 Å². The van der Waals surface area contributed by atoms with Crippen LogP contribution in [0.4, 0.5) is 0 Å². The minimum Gasteiger partial charge on any atom is -0.276 e. The second kappa shape index (κ2) is 4.97. The highest BCUT2D eigenvalue weighted by Gasteiger charge is 2.19. The molecule has 2 heterocycles. The van der Waals surface area contributed by atoms with Crippen LogP contribution in [-0.2, 0) is 0 Å². The van der Waals surface area contributed by atoms with Crippen LogP contribution in [-0.4, -0.2) is 15.5 Å². The molecule has 0 amide bonds. The summed E-state index contributed by atoms with van der Waals surface area (Å²) in [4.78, 5) is 17.0. The molecule has 0 N–H and O–H groups in total. The summed E-state index contributed by atoms with van der Waals surface area (Å²) in [6.45, 7) is 0. The molecule has 4 aromatic rings. The van der Waals surface area contributed by atoms with Crippen molar-refractivity contribution < 1.29 is 4.79 Å². The highest BCUT2D eigenvalue weighted by atomic mass is 35.5. The Morgan fingerprint density at radius 3 is 2.05 bits per heavy atom. The lowest BCUT2D eigenvalue weighted by molar-refractivity contribution is 0.0969. The molecule has 2 aromatic carbocycles. The van der Waals surface area contributed by atoms with Crippen LogP contribution in [0.1, 0.15) is 10.4 Å². The molecule has 0 aliphatic heterocycles. The first kappa shape index (κ1) is 13.0. The second-order valence-electron chi connectivity index (χ2n) is 5.02. The molecule has 3 nitrogen and oxygen atoms in total. The van der Waals surface area contributed by atoms with Gasteiger partial charge < -0.3 is 0 Å². The van der Waals surface area contributed by atoms with E-state index in [2.05, 4.69) is 4.98 Å². The highest BCUT2D eigenvalue weighted by Crippen LogP contribution is 2.30. The number of carbonyl (C=O) groups excluding carboxylic acids is 1. The molecule has 4 rings (SSSR count). The Labute approximate surface area is 131 Å². The minimum absolute atomic E-state index is 0.171. The summed E-state index contributed by atoms with van der Waals surface area (Å²) in [7, 11) is 0. The van der Waals surface area contributed by atoms with Crippen LogP contribution in [0.2, 0.25) is 5.15 Å². The van der Waals surface area contributed by atoms with Gasteiger partial charge in [-0.1, -0.05) is 48.0 Å². The first-order valence-electron chi connectivity index (χ1n) is 6.91. The summed E-state index contributed by atoms with van der Waals surface area (Å²) in [6.07, 6.45) is 1.57. The Hall–Kier alpha value is -2.65. The van der Waals surface area contributed by atoms with Crippen molar-refractivity contribution in [3.63, 3.8) is 0 Å². The van der Waals surface area contributed by atoms with E-state index in [1.54, 1.807) is 22.9 Å². The second-order valence-corrected chi connectivity index (χ2v) is 5.37. The number of nitrogens with zero attached hydrogens (tertiary/aromatic N) is 2. The van der Waals surface area contributed by atoms with Crippen molar-refractivity contribution in [1.82, 2.24) is 9.55 Å². The van der Waals surface area contributed by atoms with Gasteiger partial charge in [0.05, 0.1) is 16.6 Å². The molecule has 22 heavy (non-hydrogen) atoms. The minimum atomic E-state index is -0.171. The first-order chi connectivity index (χ1) is 10.8. The summed E-state index contributed by atoms with van der Waals surface area (Å²) in [5.74, 6) is -0.171. The molecule has 4 heteroatoms. The Kier molecular flexibility index (Phi) is 2.94. The Morgan fingerprint density at radius 1 is 0.864 bits per heavy atom. The summed E-state index contributed by atoms with van der Waals surface area (Å²) in [6, 6.07) is 19.1. The van der Waals surface area contributed by atoms with Crippen molar-refractivity contribution in [2.24, 2.45) is 0 Å². The number of hydrogen-bond acceptors (Lipinski definition) is 2. The Bertz CT molecular complexity index is 967. The zero-order valence-electron chi connectivity index (χ0n) is 11.5. The first-order valence-corrected chi connectivity index (χ1v) is 7.28. The normalized spacial score (nSPS) is 11.1. The maximum absolute atomic E-state index is 13.0. The summed E-state index contributed by atoms with van der Waals surface area (Å²) >= 11 is 6.09. The van der Waals surface area contributed by atoms with Crippen LogP contribution in [0.5, 0.6) is 0 Å². The van der Waals surface area contributed by atoms with Gasteiger partial charge in [-0.15, -0.1) is 0 Å². The fourth-order valence-electron chi connectivity index (χ4n) is 2.81. The van der Waals surface area contributed by atoms with Crippen molar-refractivity contribution in [1.29, 1.82) is 0 Å². The maximum atomic E-state index is 13.0. The van der Waals surface area contributed by atoms with Crippen LogP contribution < -0.4 is 0 Å². The average Bonchev–Trinajstić information content (AvgIpc) is 2.89. The maximum Gasteiger partial charge on any atom is 0.266 e. The number of carbonyl (C=O) groups is 1. The number of hydrogen-bond donors (Lipinski definition) is 0. The molecular formula is C18H11ClN2O. The molecule has 0 bridgehead atoms. The average molecular weight is 307 g/mol. The molecule has 2 aromatic heterocycles. The lowest BCUT2D eigenvalue weighted by Gasteiger charge is -2.07. The van der Waals surface area contributed by atoms with Gasteiger partial charge in [0.25, 0.3) is 5.91 Å². The number of halogens is 1. The molecular weight excluding hydrogens is 296 g/mol. The molecule has 0 aliphatic rings. The van der Waals surface area contributed by atoms with E-state index in [1.807, 2.05) is 48.5 Å². The van der Waals surface area contributed by atoms with Crippen LogP contribution >= 0.6 is 11.6 Å². The van der Waals surface area contributed by atoms with Gasteiger partial charge in [0.2, 0.25) is 0 Å². The van der Waals surface area contributed by atoms with Gasteiger partial charge in [-0.3, -0.25) is 9.36 Å². The molecule has 0 unspecified atom stereocenters. The Morgan fingerprint density at radius 2 is 1.45 bits per heavy atom. The zero-order valence-corrected chi connectivity index (χ0v) is 12.3. The van der Waals surface area contributed by atoms with E-state index >= 15 is 0 Å². The molecule has 0 aliphatic carbocycles. The lowest BCUT2D eigenvalue weighted by Crippen LogP contribution is -2.12. The predicted molar refractivity (Wildman–Crippen MR) is 88.4 cm³/mol. The van der Waals surface area contributed by atoms with Crippen molar-refractivity contribution in [3.8, 4) is 0 Å². The molecule has 0 saturated heterocycles. The van der Waals surface area contributed by atoms with Crippen molar-refractivity contribution in [3.05, 3.63) is 77.6 Å². The van der Waals surface area contributed by atoms with Gasteiger partial charge in [-0.05, 0) is 24.3 Å². The highest BCUT2D eigenvalue weighted by molar-refractivity contribution is 6.33. The third-order valence-corrected chi connectivity index (χ3v) is 4.07. The molecule has 0 spiro atoms. The standard InChI is InChI=1S/C18H11ClN2O/c19-17-14(8-5-11-20-17)18(22)21-15-9-3-1-6-12(15)13-7-2-4-10-16(13)21/h1-11H. The monoisotopic (exact) mass is 306 g/mol. The van der Waals surface area contributed by atoms with E-state index in [0.29, 0.717) is 5.56 Å². The molecule has 0 atom stereocenters. The van der Waals surface area contributed by atoms with Crippen LogP contribution in [0, 0.1) is 0 Å². The van der Waals surface area contributed by atoms with E-state index in [4.69, 9.17) is 11.6 Å². The summed E-state index contributed by atoms with van der Waals surface area (Å²) in [5, 5.41) is 2.31. The number of benzene rings is 2. The van der Waals surface area contributed by atoms with Gasteiger partial charge in [0, 0.05) is 17.0 Å². The quantitative estimate of drug-likeness (QED) is 0.484. The fraction of sp³-hybridized carbons (Fsp3) is 0. The lowest BCUT2D eigenvalue weighted by atomic mass is 10.2. The molecule has 0 saturated carbocycles. The van der Waals surface area contributed by atoms with E-state index in [9.17, 15) is 4.79 Å². The summed E-state index contributed by atoms with van der Waals surface area (Å²) < 4.78 is 1.70. The molecule has 0 radical (unpaired) electrons. The van der Waals surface area contributed by atoms with Crippen molar-refractivity contribution >= 4 is 39.3 Å². The molecule has 0 fully saturated rings. The third kappa shape index (κ3) is 1.83. The van der Waals surface area contributed by atoms with E-state index < -0.39 is 0 Å². The smallest absolute Gasteiger partial charge is 0.266 e. The third-order valence-electron chi connectivity index (χ3n) is 3.77. The zero-order chi connectivity index (χ0) is 15.1. The number of para-hydroxylation sites is 2. The Balaban J connectivity index is 2.09. The fourth-order valence-corrected chi connectivity index (χ4v) is 3.01. The topological polar surface area (TPSA) is 34.9 Å². The van der Waals surface area contributed by atoms with Gasteiger partial charge in [-0.25, -0.2) is 4.98 Å². The van der Waals surface area contributed by atoms with Crippen LogP contribution in [0.3, 0.4) is 0 Å². The van der Waals surface area contributed by atoms with Crippen molar-refractivity contribution in [2.45, 2.75) is 0 Å². The van der Waals surface area contributed by atoms with Crippen LogP contribution in [0.25, 0.3) is 21.8 Å². The number of aromatic nitrogens is 2. The van der Waals surface area contributed by atoms with Gasteiger partial charge in [0.1, 0.15) is 5.15 Å². The predicted octanol–water partition coefficient (Wildman–Crippen LogP) is 4.53. The van der Waals surface area contributed by atoms with Gasteiger partial charge in [-0.2, -0.15) is 0 Å². The van der Waals surface area contributed by atoms with E-state index in [0.717, 1.165) is 21.8 Å². The summed E-state index contributed by atoms with van der Waals surface area (Å²) in [5.41, 5.74) is 2.14. The van der Waals surface area contributed by atoms with Crippen molar-refractivity contribution in [2.75, 3.05) is 0 Å².